The monoisotopic (exact) mass is 707 g/mol. The first kappa shape index (κ1) is 34.3. The van der Waals surface area contributed by atoms with Crippen LogP contribution in [0.25, 0.3) is 10.9 Å². The van der Waals surface area contributed by atoms with E-state index in [1.54, 1.807) is 4.90 Å². The molecule has 9 nitrogen and oxygen atoms in total. The van der Waals surface area contributed by atoms with Gasteiger partial charge in [0.25, 0.3) is 0 Å². The van der Waals surface area contributed by atoms with E-state index in [0.717, 1.165) is 86.7 Å². The molecule has 4 unspecified atom stereocenters. The molecule has 52 heavy (non-hydrogen) atoms. The van der Waals surface area contributed by atoms with E-state index in [9.17, 15) is 4.79 Å². The van der Waals surface area contributed by atoms with Crippen LogP contribution in [0.1, 0.15) is 97.6 Å². The molecule has 5 fully saturated rings. The van der Waals surface area contributed by atoms with Gasteiger partial charge in [-0.2, -0.15) is 9.97 Å². The lowest BCUT2D eigenvalue weighted by molar-refractivity contribution is 0.0138. The number of anilines is 1. The van der Waals surface area contributed by atoms with Crippen molar-refractivity contribution in [1.29, 1.82) is 0 Å². The number of carbonyl (C=O) groups excluding carboxylic acids is 1. The Morgan fingerprint density at radius 1 is 0.942 bits per heavy atom. The number of hydrogen-bond donors (Lipinski definition) is 0. The lowest BCUT2D eigenvalue weighted by Crippen LogP contribution is -2.48. The van der Waals surface area contributed by atoms with Crippen LogP contribution in [-0.4, -0.2) is 96.6 Å². The molecule has 1 aromatic heterocycles. The van der Waals surface area contributed by atoms with Crippen molar-refractivity contribution in [1.82, 2.24) is 19.8 Å². The van der Waals surface area contributed by atoms with Crippen molar-refractivity contribution in [3.05, 3.63) is 57.6 Å². The van der Waals surface area contributed by atoms with Gasteiger partial charge in [-0.3, -0.25) is 4.90 Å². The quantitative estimate of drug-likeness (QED) is 0.252. The Balaban J connectivity index is 1.02. The number of amides is 1. The summed E-state index contributed by atoms with van der Waals surface area (Å²) in [5.41, 5.74) is 9.49. The second-order valence-electron chi connectivity index (χ2n) is 17.3. The van der Waals surface area contributed by atoms with Crippen molar-refractivity contribution < 1.29 is 19.0 Å². The molecule has 6 atom stereocenters. The predicted octanol–water partition coefficient (Wildman–Crippen LogP) is 7.35. The minimum Gasteiger partial charge on any atom is -0.461 e. The first-order chi connectivity index (χ1) is 25.3. The number of rotatable bonds is 7. The van der Waals surface area contributed by atoms with E-state index >= 15 is 0 Å². The van der Waals surface area contributed by atoms with Crippen LogP contribution in [-0.2, 0) is 15.9 Å². The zero-order valence-electron chi connectivity index (χ0n) is 31.8. The van der Waals surface area contributed by atoms with E-state index in [-0.39, 0.29) is 17.7 Å². The number of nitrogens with zero attached hydrogens (tertiary/aromatic N) is 5. The highest BCUT2D eigenvalue weighted by molar-refractivity contribution is 5.93. The van der Waals surface area contributed by atoms with Crippen molar-refractivity contribution in [2.24, 2.45) is 17.8 Å². The molecule has 0 radical (unpaired) electrons. The summed E-state index contributed by atoms with van der Waals surface area (Å²) in [7, 11) is 0. The number of morpholine rings is 1. The molecule has 2 aliphatic carbocycles. The summed E-state index contributed by atoms with van der Waals surface area (Å²) in [5.74, 6) is 3.54. The van der Waals surface area contributed by atoms with Crippen LogP contribution in [0, 0.1) is 38.5 Å². The molecule has 9 heteroatoms. The van der Waals surface area contributed by atoms with Gasteiger partial charge >= 0.3 is 12.1 Å². The number of hydrogen-bond acceptors (Lipinski definition) is 8. The third-order valence-electron chi connectivity index (χ3n) is 14.0. The fraction of sp³-hybridized carbons (Fsp3) is 0.651. The van der Waals surface area contributed by atoms with E-state index in [2.05, 4.69) is 61.8 Å². The summed E-state index contributed by atoms with van der Waals surface area (Å²) in [6.07, 6.45) is 10.3. The number of fused-ring (bicyclic) bond motifs is 5. The Morgan fingerprint density at radius 2 is 1.75 bits per heavy atom. The zero-order chi connectivity index (χ0) is 35.6. The average Bonchev–Trinajstić information content (AvgIpc) is 3.84. The van der Waals surface area contributed by atoms with Crippen molar-refractivity contribution in [3.63, 3.8) is 0 Å². The van der Waals surface area contributed by atoms with E-state index in [0.29, 0.717) is 57.4 Å². The molecule has 2 aromatic carbocycles. The standard InChI is InChI=1S/C43H57N5O4/c1-27-20-33-9-6-28(2)29(3)38(33)37(21-27)35-10-11-36-39(30(35)4)44-41(45-40(36)47-23-31-7-8-32(22-31)24-47)52-26-43-13-5-15-48(43)34(12-14-43)25-51-42(49)46-16-18-50-19-17-46/h6,9-11,27,31-32,34,37H,5,7-8,12-26H2,1-4H3/t27-,31?,32?,34?,37+,43?/m1/s1. The Bertz CT molecular complexity index is 1830. The summed E-state index contributed by atoms with van der Waals surface area (Å²) >= 11 is 0. The van der Waals surface area contributed by atoms with Gasteiger partial charge in [-0.15, -0.1) is 0 Å². The van der Waals surface area contributed by atoms with Gasteiger partial charge in [0.1, 0.15) is 19.0 Å². The maximum absolute atomic E-state index is 12.8. The lowest BCUT2D eigenvalue weighted by atomic mass is 9.71. The molecule has 6 aliphatic rings. The van der Waals surface area contributed by atoms with Gasteiger partial charge in [0.05, 0.1) is 24.3 Å². The second-order valence-corrected chi connectivity index (χ2v) is 17.3. The van der Waals surface area contributed by atoms with Crippen LogP contribution < -0.4 is 9.64 Å². The van der Waals surface area contributed by atoms with Crippen LogP contribution in [0.15, 0.2) is 24.3 Å². The average molecular weight is 708 g/mol. The zero-order valence-corrected chi connectivity index (χ0v) is 31.8. The molecule has 9 rings (SSSR count). The first-order valence-corrected chi connectivity index (χ1v) is 20.3. The smallest absolute Gasteiger partial charge is 0.409 e. The molecule has 1 saturated carbocycles. The third-order valence-corrected chi connectivity index (χ3v) is 14.0. The molecule has 5 heterocycles. The number of benzene rings is 2. The minimum atomic E-state index is -0.217. The number of carbonyl (C=O) groups is 1. The van der Waals surface area contributed by atoms with E-state index in [4.69, 9.17) is 24.2 Å². The van der Waals surface area contributed by atoms with Gasteiger partial charge < -0.3 is 24.0 Å². The number of ether oxygens (including phenoxy) is 3. The Kier molecular flexibility index (Phi) is 9.09. The minimum absolute atomic E-state index is 0.0764. The normalized spacial score (nSPS) is 30.1. The van der Waals surface area contributed by atoms with Gasteiger partial charge in [0.15, 0.2) is 0 Å². The van der Waals surface area contributed by atoms with E-state index in [1.165, 1.54) is 52.6 Å². The van der Waals surface area contributed by atoms with Gasteiger partial charge in [0, 0.05) is 43.5 Å². The second kappa shape index (κ2) is 13.8. The fourth-order valence-electron chi connectivity index (χ4n) is 11.2. The third kappa shape index (κ3) is 6.13. The van der Waals surface area contributed by atoms with Crippen molar-refractivity contribution >= 4 is 22.8 Å². The number of piperidine rings is 1. The first-order valence-electron chi connectivity index (χ1n) is 20.3. The number of aromatic nitrogens is 2. The maximum atomic E-state index is 12.8. The van der Waals surface area contributed by atoms with Crippen LogP contribution in [0.3, 0.4) is 0 Å². The van der Waals surface area contributed by atoms with Crippen molar-refractivity contribution in [3.8, 4) is 6.01 Å². The molecule has 0 N–H and O–H groups in total. The molecular formula is C43H57N5O4. The van der Waals surface area contributed by atoms with Gasteiger partial charge in [0.2, 0.25) is 0 Å². The maximum Gasteiger partial charge on any atom is 0.409 e. The Labute approximate surface area is 309 Å². The van der Waals surface area contributed by atoms with Crippen LogP contribution in [0.5, 0.6) is 6.01 Å². The summed E-state index contributed by atoms with van der Waals surface area (Å²) in [6, 6.07) is 10.1. The fourth-order valence-corrected chi connectivity index (χ4v) is 11.2. The summed E-state index contributed by atoms with van der Waals surface area (Å²) < 4.78 is 18.1. The van der Waals surface area contributed by atoms with E-state index in [1.807, 2.05) is 0 Å². The molecule has 1 amide bonds. The molecule has 3 aromatic rings. The molecule has 4 aliphatic heterocycles. The molecule has 278 valence electrons. The molecular weight excluding hydrogens is 651 g/mol. The van der Waals surface area contributed by atoms with Gasteiger partial charge in [-0.25, -0.2) is 4.79 Å². The predicted molar refractivity (Wildman–Crippen MR) is 203 cm³/mol. The van der Waals surface area contributed by atoms with Crippen molar-refractivity contribution in [2.45, 2.75) is 103 Å². The Morgan fingerprint density at radius 3 is 2.56 bits per heavy atom. The van der Waals surface area contributed by atoms with Gasteiger partial charge in [-0.1, -0.05) is 25.1 Å². The van der Waals surface area contributed by atoms with Gasteiger partial charge in [-0.05, 0) is 142 Å². The highest BCUT2D eigenvalue weighted by Gasteiger charge is 2.50. The van der Waals surface area contributed by atoms with Crippen molar-refractivity contribution in [2.75, 3.05) is 64.1 Å². The molecule has 4 saturated heterocycles. The van der Waals surface area contributed by atoms with Crippen LogP contribution >= 0.6 is 0 Å². The Hall–Kier alpha value is -3.43. The topological polar surface area (TPSA) is 80.3 Å². The van der Waals surface area contributed by atoms with Crippen LogP contribution in [0.2, 0.25) is 0 Å². The lowest BCUT2D eigenvalue weighted by Gasteiger charge is -2.36. The molecule has 0 spiro atoms. The summed E-state index contributed by atoms with van der Waals surface area (Å²) in [6.45, 7) is 15.8. The highest BCUT2D eigenvalue weighted by atomic mass is 16.6. The summed E-state index contributed by atoms with van der Waals surface area (Å²) in [5, 5.41) is 1.16. The largest absolute Gasteiger partial charge is 0.461 e. The summed E-state index contributed by atoms with van der Waals surface area (Å²) in [4.78, 5) is 30.3. The molecule has 2 bridgehead atoms. The SMILES string of the molecule is Cc1ccc2c(c1C)[C@H](c1ccc3c(N4CC5CCC(C5)C4)nc(OCC45CCCN4C(COC(=O)N4CCOCC4)CC5)nc3c1C)C[C@H](C)C2. The van der Waals surface area contributed by atoms with E-state index < -0.39 is 0 Å². The van der Waals surface area contributed by atoms with Crippen LogP contribution in [0.4, 0.5) is 10.6 Å². The highest BCUT2D eigenvalue weighted by Crippen LogP contribution is 2.46. The number of aryl methyl sites for hydroxylation is 2.